The summed E-state index contributed by atoms with van der Waals surface area (Å²) < 4.78 is 10.6. The Kier molecular flexibility index (Phi) is 5.18. The number of ether oxygens (including phenoxy) is 2. The van der Waals surface area contributed by atoms with Crippen molar-refractivity contribution < 1.29 is 14.3 Å². The zero-order valence-electron chi connectivity index (χ0n) is 13.7. The number of carbonyl (C=O) groups excluding carboxylic acids is 1. The number of hydrogen-bond donors (Lipinski definition) is 2. The van der Waals surface area contributed by atoms with Gasteiger partial charge in [-0.05, 0) is 48.8 Å². The molecule has 1 amide bonds. The largest absolute Gasteiger partial charge is 0.491 e. The lowest BCUT2D eigenvalue weighted by Gasteiger charge is -2.27. The standard InChI is InChI=1S/C18H26N2O3/c1-22-7-8-23-15-4-2-3-12(9-15)11-20-18(21)16-13-5-6-14(10-13)17(16)19/h2-4,9,13-14,16-17H,5-8,10-11,19H2,1H3,(H,20,21). The van der Waals surface area contributed by atoms with Crippen LogP contribution in [0.15, 0.2) is 24.3 Å². The monoisotopic (exact) mass is 318 g/mol. The summed E-state index contributed by atoms with van der Waals surface area (Å²) in [4.78, 5) is 12.5. The van der Waals surface area contributed by atoms with Crippen LogP contribution in [0, 0.1) is 17.8 Å². The van der Waals surface area contributed by atoms with E-state index >= 15 is 0 Å². The highest BCUT2D eigenvalue weighted by Gasteiger charge is 2.48. The van der Waals surface area contributed by atoms with Gasteiger partial charge in [-0.3, -0.25) is 4.79 Å². The summed E-state index contributed by atoms with van der Waals surface area (Å²) >= 11 is 0. The van der Waals surface area contributed by atoms with Gasteiger partial charge in [0.1, 0.15) is 12.4 Å². The first-order chi connectivity index (χ1) is 11.2. The maximum atomic E-state index is 12.5. The van der Waals surface area contributed by atoms with Crippen molar-refractivity contribution in [2.45, 2.75) is 31.8 Å². The average Bonchev–Trinajstić information content (AvgIpc) is 3.14. The first-order valence-electron chi connectivity index (χ1n) is 8.43. The van der Waals surface area contributed by atoms with Gasteiger partial charge in [0.2, 0.25) is 5.91 Å². The lowest BCUT2D eigenvalue weighted by atomic mass is 9.84. The van der Waals surface area contributed by atoms with Crippen molar-refractivity contribution in [1.82, 2.24) is 5.32 Å². The van der Waals surface area contributed by atoms with Crippen LogP contribution in [-0.2, 0) is 16.1 Å². The molecule has 0 aromatic heterocycles. The minimum absolute atomic E-state index is 0.00474. The summed E-state index contributed by atoms with van der Waals surface area (Å²) in [5, 5.41) is 3.05. The molecule has 2 bridgehead atoms. The van der Waals surface area contributed by atoms with Crippen molar-refractivity contribution in [3.8, 4) is 5.75 Å². The van der Waals surface area contributed by atoms with Gasteiger partial charge in [-0.15, -0.1) is 0 Å². The van der Waals surface area contributed by atoms with E-state index in [4.69, 9.17) is 15.2 Å². The van der Waals surface area contributed by atoms with Gasteiger partial charge in [0.15, 0.2) is 0 Å². The number of carbonyl (C=O) groups is 1. The molecule has 5 nitrogen and oxygen atoms in total. The Morgan fingerprint density at radius 1 is 1.30 bits per heavy atom. The summed E-state index contributed by atoms with van der Waals surface area (Å²) in [7, 11) is 1.65. The predicted octanol–water partition coefficient (Wildman–Crippen LogP) is 1.70. The van der Waals surface area contributed by atoms with Crippen LogP contribution < -0.4 is 15.8 Å². The van der Waals surface area contributed by atoms with Crippen LogP contribution in [-0.4, -0.2) is 32.3 Å². The molecule has 0 radical (unpaired) electrons. The number of fused-ring (bicyclic) bond motifs is 2. The van der Waals surface area contributed by atoms with Gasteiger partial charge in [-0.2, -0.15) is 0 Å². The fourth-order valence-corrected chi connectivity index (χ4v) is 4.02. The van der Waals surface area contributed by atoms with E-state index in [1.54, 1.807) is 7.11 Å². The van der Waals surface area contributed by atoms with Crippen LogP contribution in [0.3, 0.4) is 0 Å². The highest BCUT2D eigenvalue weighted by Crippen LogP contribution is 2.47. The Morgan fingerprint density at radius 2 is 2.13 bits per heavy atom. The van der Waals surface area contributed by atoms with Crippen molar-refractivity contribution in [3.05, 3.63) is 29.8 Å². The summed E-state index contributed by atoms with van der Waals surface area (Å²) in [6.45, 7) is 1.59. The van der Waals surface area contributed by atoms with Crippen molar-refractivity contribution in [3.63, 3.8) is 0 Å². The molecule has 3 rings (SSSR count). The zero-order chi connectivity index (χ0) is 16.2. The lowest BCUT2D eigenvalue weighted by molar-refractivity contribution is -0.127. The Bertz CT molecular complexity index is 547. The van der Waals surface area contributed by atoms with Gasteiger partial charge in [-0.1, -0.05) is 12.1 Å². The molecule has 4 unspecified atom stereocenters. The van der Waals surface area contributed by atoms with E-state index in [1.165, 1.54) is 6.42 Å². The number of hydrogen-bond acceptors (Lipinski definition) is 4. The fourth-order valence-electron chi connectivity index (χ4n) is 4.02. The van der Waals surface area contributed by atoms with Gasteiger partial charge in [0, 0.05) is 19.7 Å². The van der Waals surface area contributed by atoms with Crippen LogP contribution in [0.25, 0.3) is 0 Å². The molecule has 2 fully saturated rings. The van der Waals surface area contributed by atoms with Gasteiger partial charge in [0.25, 0.3) is 0 Å². The van der Waals surface area contributed by atoms with Crippen LogP contribution in [0.4, 0.5) is 0 Å². The third-order valence-corrected chi connectivity index (χ3v) is 5.20. The van der Waals surface area contributed by atoms with Crippen LogP contribution in [0.1, 0.15) is 24.8 Å². The van der Waals surface area contributed by atoms with E-state index in [0.29, 0.717) is 31.6 Å². The summed E-state index contributed by atoms with van der Waals surface area (Å²) in [6.07, 6.45) is 3.47. The molecule has 4 atom stereocenters. The Labute approximate surface area is 137 Å². The SMILES string of the molecule is COCCOc1cccc(CNC(=O)C2C3CCC(C3)C2N)c1. The van der Waals surface area contributed by atoms with E-state index in [2.05, 4.69) is 5.32 Å². The molecule has 0 spiro atoms. The fraction of sp³-hybridized carbons (Fsp3) is 0.611. The number of methoxy groups -OCH3 is 1. The van der Waals surface area contributed by atoms with E-state index < -0.39 is 0 Å². The van der Waals surface area contributed by atoms with Crippen molar-refractivity contribution in [2.24, 2.45) is 23.5 Å². The van der Waals surface area contributed by atoms with Crippen molar-refractivity contribution in [2.75, 3.05) is 20.3 Å². The second kappa shape index (κ2) is 7.32. The first kappa shape index (κ1) is 16.3. The molecular formula is C18H26N2O3. The molecule has 2 saturated carbocycles. The normalized spacial score (nSPS) is 28.8. The number of benzene rings is 1. The zero-order valence-corrected chi connectivity index (χ0v) is 13.7. The third kappa shape index (κ3) is 3.67. The highest BCUT2D eigenvalue weighted by atomic mass is 16.5. The van der Waals surface area contributed by atoms with E-state index in [1.807, 2.05) is 24.3 Å². The molecule has 1 aromatic carbocycles. The molecule has 126 valence electrons. The van der Waals surface area contributed by atoms with E-state index in [9.17, 15) is 4.79 Å². The summed E-state index contributed by atoms with van der Waals surface area (Å²) in [6, 6.07) is 7.83. The quantitative estimate of drug-likeness (QED) is 0.751. The Morgan fingerprint density at radius 3 is 2.87 bits per heavy atom. The number of rotatable bonds is 7. The summed E-state index contributed by atoms with van der Waals surface area (Å²) in [5.74, 6) is 1.93. The molecule has 23 heavy (non-hydrogen) atoms. The van der Waals surface area contributed by atoms with Gasteiger partial charge in [0.05, 0.1) is 12.5 Å². The smallest absolute Gasteiger partial charge is 0.225 e. The van der Waals surface area contributed by atoms with Crippen LogP contribution in [0.2, 0.25) is 0 Å². The predicted molar refractivity (Wildman–Crippen MR) is 88.0 cm³/mol. The maximum Gasteiger partial charge on any atom is 0.225 e. The minimum Gasteiger partial charge on any atom is -0.491 e. The van der Waals surface area contributed by atoms with E-state index in [0.717, 1.165) is 24.2 Å². The summed E-state index contributed by atoms with van der Waals surface area (Å²) in [5.41, 5.74) is 7.27. The molecule has 0 saturated heterocycles. The third-order valence-electron chi connectivity index (χ3n) is 5.20. The molecule has 0 heterocycles. The molecular weight excluding hydrogens is 292 g/mol. The number of nitrogens with one attached hydrogen (secondary N) is 1. The molecule has 0 aliphatic heterocycles. The molecule has 5 heteroatoms. The maximum absolute atomic E-state index is 12.5. The second-order valence-electron chi connectivity index (χ2n) is 6.64. The van der Waals surface area contributed by atoms with Crippen molar-refractivity contribution >= 4 is 5.91 Å². The Hall–Kier alpha value is -1.59. The van der Waals surface area contributed by atoms with Gasteiger partial charge in [-0.25, -0.2) is 0 Å². The molecule has 3 N–H and O–H groups in total. The topological polar surface area (TPSA) is 73.6 Å². The number of nitrogens with two attached hydrogens (primary N) is 1. The van der Waals surface area contributed by atoms with E-state index in [-0.39, 0.29) is 17.9 Å². The van der Waals surface area contributed by atoms with Crippen LogP contribution in [0.5, 0.6) is 5.75 Å². The number of amides is 1. The lowest BCUT2D eigenvalue weighted by Crippen LogP contribution is -2.45. The van der Waals surface area contributed by atoms with Gasteiger partial charge < -0.3 is 20.5 Å². The highest BCUT2D eigenvalue weighted by molar-refractivity contribution is 5.80. The van der Waals surface area contributed by atoms with Crippen molar-refractivity contribution in [1.29, 1.82) is 0 Å². The second-order valence-corrected chi connectivity index (χ2v) is 6.64. The molecule has 1 aromatic rings. The average molecular weight is 318 g/mol. The molecule has 2 aliphatic carbocycles. The first-order valence-corrected chi connectivity index (χ1v) is 8.43. The minimum atomic E-state index is -0.00474. The van der Waals surface area contributed by atoms with Gasteiger partial charge >= 0.3 is 0 Å². The Balaban J connectivity index is 1.52. The van der Waals surface area contributed by atoms with Crippen LogP contribution >= 0.6 is 0 Å². The molecule has 2 aliphatic rings.